The van der Waals surface area contributed by atoms with E-state index in [2.05, 4.69) is 50.0 Å². The molecule has 2 nitrogen and oxygen atoms in total. The van der Waals surface area contributed by atoms with Crippen LogP contribution in [0.4, 0.5) is 0 Å². The Bertz CT molecular complexity index is 404. The van der Waals surface area contributed by atoms with Crippen molar-refractivity contribution in [1.29, 1.82) is 0 Å². The van der Waals surface area contributed by atoms with Gasteiger partial charge in [-0.2, -0.15) is 0 Å². The quantitative estimate of drug-likeness (QED) is 0.514. The van der Waals surface area contributed by atoms with E-state index < -0.39 is 0 Å². The van der Waals surface area contributed by atoms with Crippen LogP contribution in [0.25, 0.3) is 0 Å². The van der Waals surface area contributed by atoms with Gasteiger partial charge in [0.1, 0.15) is 0 Å². The molecular formula is C18H30N2. The molecule has 0 atom stereocenters. The second-order valence-corrected chi connectivity index (χ2v) is 6.12. The fourth-order valence-corrected chi connectivity index (χ4v) is 3.07. The molecule has 0 amide bonds. The number of hydrogen-bond donors (Lipinski definition) is 1. The summed E-state index contributed by atoms with van der Waals surface area (Å²) in [6, 6.07) is 8.75. The fourth-order valence-electron chi connectivity index (χ4n) is 3.07. The average Bonchev–Trinajstić information content (AvgIpc) is 2.44. The summed E-state index contributed by atoms with van der Waals surface area (Å²) in [5, 5.41) is 0. The molecule has 20 heavy (non-hydrogen) atoms. The van der Waals surface area contributed by atoms with E-state index in [1.165, 1.54) is 49.6 Å². The Morgan fingerprint density at radius 1 is 1.10 bits per heavy atom. The summed E-state index contributed by atoms with van der Waals surface area (Å²) in [6.07, 6.45) is 9.04. The Labute approximate surface area is 124 Å². The molecule has 0 aromatic heterocycles. The van der Waals surface area contributed by atoms with Gasteiger partial charge in [-0.15, -0.1) is 0 Å². The summed E-state index contributed by atoms with van der Waals surface area (Å²) in [4.78, 5) is 4.10. The number of nitrogens with two attached hydrogens (primary N) is 1. The molecule has 0 unspecified atom stereocenters. The molecule has 0 bridgehead atoms. The maximum Gasteiger partial charge on any atom is 0.0801 e. The van der Waals surface area contributed by atoms with Gasteiger partial charge in [0.2, 0.25) is 0 Å². The number of aliphatic imine (C=N–C) groups is 1. The maximum atomic E-state index is 5.31. The summed E-state index contributed by atoms with van der Waals surface area (Å²) in [5.41, 5.74) is 8.47. The predicted molar refractivity (Wildman–Crippen MR) is 89.1 cm³/mol. The van der Waals surface area contributed by atoms with E-state index in [1.807, 2.05) is 0 Å². The van der Waals surface area contributed by atoms with Crippen molar-refractivity contribution in [2.45, 2.75) is 65.8 Å². The van der Waals surface area contributed by atoms with E-state index in [-0.39, 0.29) is 0 Å². The molecule has 1 rings (SSSR count). The number of benzene rings is 1. The van der Waals surface area contributed by atoms with Gasteiger partial charge in [-0.1, -0.05) is 57.9 Å². The summed E-state index contributed by atoms with van der Waals surface area (Å²) in [6.45, 7) is 7.72. The predicted octanol–water partition coefficient (Wildman–Crippen LogP) is 4.71. The summed E-state index contributed by atoms with van der Waals surface area (Å²) < 4.78 is 0. The minimum absolute atomic E-state index is 0.495. The zero-order valence-corrected chi connectivity index (χ0v) is 13.4. The van der Waals surface area contributed by atoms with E-state index in [1.54, 1.807) is 0 Å². The first-order valence-corrected chi connectivity index (χ1v) is 7.91. The molecule has 112 valence electrons. The minimum atomic E-state index is 0.495. The lowest BCUT2D eigenvalue weighted by molar-refractivity contribution is 0.244. The van der Waals surface area contributed by atoms with Crippen molar-refractivity contribution in [3.63, 3.8) is 0 Å². The third-order valence-electron chi connectivity index (χ3n) is 4.09. The summed E-state index contributed by atoms with van der Waals surface area (Å²) >= 11 is 0. The zero-order chi connectivity index (χ0) is 14.8. The SMILES string of the molecule is CCCC(C)(CCC)CCc1cccc(CN=CN)c1. The molecule has 0 aliphatic carbocycles. The van der Waals surface area contributed by atoms with Crippen molar-refractivity contribution in [1.82, 2.24) is 0 Å². The number of rotatable bonds is 9. The molecule has 0 saturated heterocycles. The Hall–Kier alpha value is -1.31. The van der Waals surface area contributed by atoms with Crippen LogP contribution in [-0.2, 0) is 13.0 Å². The van der Waals surface area contributed by atoms with Crippen molar-refractivity contribution in [2.75, 3.05) is 0 Å². The van der Waals surface area contributed by atoms with E-state index in [4.69, 9.17) is 5.73 Å². The molecule has 1 aromatic rings. The first-order chi connectivity index (χ1) is 9.63. The molecule has 0 spiro atoms. The highest BCUT2D eigenvalue weighted by atomic mass is 14.8. The third kappa shape index (κ3) is 5.77. The first kappa shape index (κ1) is 16.7. The van der Waals surface area contributed by atoms with Crippen molar-refractivity contribution >= 4 is 6.34 Å². The molecule has 1 aromatic carbocycles. The van der Waals surface area contributed by atoms with Gasteiger partial charge in [0.25, 0.3) is 0 Å². The topological polar surface area (TPSA) is 38.4 Å². The lowest BCUT2D eigenvalue weighted by Gasteiger charge is -2.29. The normalized spacial score (nSPS) is 12.2. The van der Waals surface area contributed by atoms with Crippen LogP contribution < -0.4 is 5.73 Å². The van der Waals surface area contributed by atoms with Crippen LogP contribution in [0, 0.1) is 5.41 Å². The number of nitrogens with zero attached hydrogens (tertiary/aromatic N) is 1. The van der Waals surface area contributed by atoms with Crippen LogP contribution in [0.1, 0.15) is 64.0 Å². The minimum Gasteiger partial charge on any atom is -0.390 e. The van der Waals surface area contributed by atoms with Gasteiger partial charge in [-0.05, 0) is 42.2 Å². The average molecular weight is 274 g/mol. The van der Waals surface area contributed by atoms with E-state index in [0.717, 1.165) is 6.42 Å². The molecule has 0 aliphatic rings. The Morgan fingerprint density at radius 2 is 1.75 bits per heavy atom. The van der Waals surface area contributed by atoms with E-state index in [0.29, 0.717) is 12.0 Å². The van der Waals surface area contributed by atoms with Gasteiger partial charge >= 0.3 is 0 Å². The van der Waals surface area contributed by atoms with Crippen LogP contribution in [0.5, 0.6) is 0 Å². The molecule has 0 heterocycles. The molecule has 2 heteroatoms. The van der Waals surface area contributed by atoms with Crippen molar-refractivity contribution < 1.29 is 0 Å². The molecule has 0 fully saturated rings. The second-order valence-electron chi connectivity index (χ2n) is 6.12. The van der Waals surface area contributed by atoms with Crippen LogP contribution >= 0.6 is 0 Å². The van der Waals surface area contributed by atoms with Gasteiger partial charge in [-0.25, -0.2) is 0 Å². The van der Waals surface area contributed by atoms with E-state index in [9.17, 15) is 0 Å². The zero-order valence-electron chi connectivity index (χ0n) is 13.4. The largest absolute Gasteiger partial charge is 0.390 e. The Kier molecular flexibility index (Phi) is 7.35. The lowest BCUT2D eigenvalue weighted by atomic mass is 9.77. The van der Waals surface area contributed by atoms with Crippen LogP contribution in [0.2, 0.25) is 0 Å². The highest BCUT2D eigenvalue weighted by Gasteiger charge is 2.21. The molecular weight excluding hydrogens is 244 g/mol. The van der Waals surface area contributed by atoms with Gasteiger partial charge in [0.05, 0.1) is 12.9 Å². The smallest absolute Gasteiger partial charge is 0.0801 e. The van der Waals surface area contributed by atoms with Gasteiger partial charge in [0.15, 0.2) is 0 Å². The monoisotopic (exact) mass is 274 g/mol. The van der Waals surface area contributed by atoms with Gasteiger partial charge in [0, 0.05) is 0 Å². The number of hydrogen-bond acceptors (Lipinski definition) is 1. The van der Waals surface area contributed by atoms with Crippen LogP contribution in [-0.4, -0.2) is 6.34 Å². The van der Waals surface area contributed by atoms with Gasteiger partial charge in [-0.3, -0.25) is 4.99 Å². The molecule has 2 N–H and O–H groups in total. The van der Waals surface area contributed by atoms with E-state index >= 15 is 0 Å². The summed E-state index contributed by atoms with van der Waals surface area (Å²) in [5.74, 6) is 0. The highest BCUT2D eigenvalue weighted by molar-refractivity contribution is 5.51. The second kappa shape index (κ2) is 8.78. The molecule has 0 radical (unpaired) electrons. The summed E-state index contributed by atoms with van der Waals surface area (Å²) in [7, 11) is 0. The standard InChI is InChI=1S/C18H30N2/c1-4-10-18(3,11-5-2)12-9-16-7-6-8-17(13-16)14-20-15-19/h6-8,13,15H,4-5,9-12,14H2,1-3H3,(H2,19,20). The van der Waals surface area contributed by atoms with Crippen molar-refractivity contribution in [2.24, 2.45) is 16.1 Å². The lowest BCUT2D eigenvalue weighted by Crippen LogP contribution is -2.17. The fraction of sp³-hybridized carbons (Fsp3) is 0.611. The highest BCUT2D eigenvalue weighted by Crippen LogP contribution is 2.34. The maximum absolute atomic E-state index is 5.31. The molecule has 0 aliphatic heterocycles. The third-order valence-corrected chi connectivity index (χ3v) is 4.09. The Balaban J connectivity index is 2.63. The van der Waals surface area contributed by atoms with Crippen molar-refractivity contribution in [3.05, 3.63) is 35.4 Å². The van der Waals surface area contributed by atoms with Gasteiger partial charge < -0.3 is 5.73 Å². The van der Waals surface area contributed by atoms with Crippen molar-refractivity contribution in [3.8, 4) is 0 Å². The van der Waals surface area contributed by atoms with Crippen LogP contribution in [0.15, 0.2) is 29.3 Å². The van der Waals surface area contributed by atoms with Crippen LogP contribution in [0.3, 0.4) is 0 Å². The number of aryl methyl sites for hydroxylation is 1. The molecule has 0 saturated carbocycles. The first-order valence-electron chi connectivity index (χ1n) is 7.91. The Morgan fingerprint density at radius 3 is 2.35 bits per heavy atom.